The molecule has 0 fully saturated rings. The van der Waals surface area contributed by atoms with Crippen LogP contribution in [-0.2, 0) is 0 Å². The molecule has 23 heavy (non-hydrogen) atoms. The zero-order valence-electron chi connectivity index (χ0n) is 12.5. The maximum Gasteiger partial charge on any atom is 0.185 e. The summed E-state index contributed by atoms with van der Waals surface area (Å²) in [5.41, 5.74) is 1.37. The zero-order chi connectivity index (χ0) is 16.2. The van der Waals surface area contributed by atoms with Gasteiger partial charge in [-0.05, 0) is 48.0 Å². The van der Waals surface area contributed by atoms with Crippen molar-refractivity contribution in [3.05, 3.63) is 58.6 Å². The Morgan fingerprint density at radius 3 is 2.65 bits per heavy atom. The first-order valence-electron chi connectivity index (χ1n) is 7.13. The number of halogens is 1. The zero-order valence-corrected chi connectivity index (χ0v) is 13.3. The number of hydrogen-bond acceptors (Lipinski definition) is 4. The third-order valence-electron chi connectivity index (χ3n) is 3.42. The summed E-state index contributed by atoms with van der Waals surface area (Å²) in [4.78, 5) is 12.2. The number of methoxy groups -OCH3 is 1. The first-order valence-corrected chi connectivity index (χ1v) is 7.51. The summed E-state index contributed by atoms with van der Waals surface area (Å²) >= 11 is 6.18. The number of hydrogen-bond donors (Lipinski definition) is 0. The molecule has 0 unspecified atom stereocenters. The van der Waals surface area contributed by atoms with Gasteiger partial charge in [0.1, 0.15) is 19.0 Å². The highest BCUT2D eigenvalue weighted by atomic mass is 35.5. The van der Waals surface area contributed by atoms with Crippen LogP contribution in [0.5, 0.6) is 17.2 Å². The van der Waals surface area contributed by atoms with Crippen LogP contribution in [-0.4, -0.2) is 26.1 Å². The molecule has 0 saturated carbocycles. The van der Waals surface area contributed by atoms with Gasteiger partial charge >= 0.3 is 0 Å². The summed E-state index contributed by atoms with van der Waals surface area (Å²) in [6.07, 6.45) is 3.21. The number of benzene rings is 2. The minimum atomic E-state index is -0.0985. The fraction of sp³-hybridized carbons (Fsp3) is 0.167. The Balaban J connectivity index is 1.79. The molecule has 2 aromatic carbocycles. The van der Waals surface area contributed by atoms with Gasteiger partial charge in [-0.3, -0.25) is 4.79 Å². The lowest BCUT2D eigenvalue weighted by Gasteiger charge is -2.19. The standard InChI is InChI=1S/C18H15ClO4/c1-21-14-5-3-13(4-6-14)16(20)7-2-12-10-15(19)18-17(11-12)22-8-9-23-18/h2-7,10-11H,8-9H2,1H3/b7-2+. The number of fused-ring (bicyclic) bond motifs is 1. The molecule has 5 heteroatoms. The largest absolute Gasteiger partial charge is 0.497 e. The molecule has 0 aliphatic carbocycles. The molecule has 1 aliphatic rings. The van der Waals surface area contributed by atoms with Crippen molar-refractivity contribution in [2.24, 2.45) is 0 Å². The topological polar surface area (TPSA) is 44.8 Å². The minimum absolute atomic E-state index is 0.0985. The monoisotopic (exact) mass is 330 g/mol. The predicted octanol–water partition coefficient (Wildman–Crippen LogP) is 4.02. The van der Waals surface area contributed by atoms with Crippen molar-refractivity contribution in [1.82, 2.24) is 0 Å². The molecule has 0 radical (unpaired) electrons. The van der Waals surface area contributed by atoms with Crippen molar-refractivity contribution in [3.8, 4) is 17.2 Å². The van der Waals surface area contributed by atoms with Gasteiger partial charge in [-0.1, -0.05) is 17.7 Å². The van der Waals surface area contributed by atoms with E-state index in [-0.39, 0.29) is 5.78 Å². The van der Waals surface area contributed by atoms with Crippen LogP contribution in [0.15, 0.2) is 42.5 Å². The van der Waals surface area contributed by atoms with Crippen molar-refractivity contribution in [3.63, 3.8) is 0 Å². The predicted molar refractivity (Wildman–Crippen MR) is 88.8 cm³/mol. The van der Waals surface area contributed by atoms with Gasteiger partial charge in [0.2, 0.25) is 0 Å². The highest BCUT2D eigenvalue weighted by Crippen LogP contribution is 2.38. The van der Waals surface area contributed by atoms with E-state index in [9.17, 15) is 4.79 Å². The van der Waals surface area contributed by atoms with Gasteiger partial charge in [0, 0.05) is 5.56 Å². The number of carbonyl (C=O) groups excluding carboxylic acids is 1. The van der Waals surface area contributed by atoms with Gasteiger partial charge in [-0.2, -0.15) is 0 Å². The Bertz CT molecular complexity index is 750. The van der Waals surface area contributed by atoms with Crippen LogP contribution in [0.2, 0.25) is 5.02 Å². The lowest BCUT2D eigenvalue weighted by Crippen LogP contribution is -2.15. The van der Waals surface area contributed by atoms with Crippen LogP contribution >= 0.6 is 11.6 Å². The molecular weight excluding hydrogens is 316 g/mol. The van der Waals surface area contributed by atoms with Crippen LogP contribution in [0.1, 0.15) is 15.9 Å². The molecule has 0 N–H and O–H groups in total. The summed E-state index contributed by atoms with van der Waals surface area (Å²) in [7, 11) is 1.59. The van der Waals surface area contributed by atoms with Gasteiger partial charge in [0.05, 0.1) is 12.1 Å². The molecule has 4 nitrogen and oxygen atoms in total. The number of ether oxygens (including phenoxy) is 3. The number of allylic oxidation sites excluding steroid dienone is 1. The normalized spacial score (nSPS) is 13.1. The fourth-order valence-corrected chi connectivity index (χ4v) is 2.52. The first kappa shape index (κ1) is 15.4. The van der Waals surface area contributed by atoms with E-state index in [4.69, 9.17) is 25.8 Å². The molecule has 2 aromatic rings. The summed E-state index contributed by atoms with van der Waals surface area (Å²) in [5, 5.41) is 0.471. The van der Waals surface area contributed by atoms with Crippen LogP contribution in [0.4, 0.5) is 0 Å². The highest BCUT2D eigenvalue weighted by Gasteiger charge is 2.16. The lowest BCUT2D eigenvalue weighted by molar-refractivity contribution is 0.104. The summed E-state index contributed by atoms with van der Waals surface area (Å²) in [6.45, 7) is 0.971. The molecule has 0 spiro atoms. The number of rotatable bonds is 4. The Labute approximate surface area is 139 Å². The van der Waals surface area contributed by atoms with Crippen LogP contribution in [0.25, 0.3) is 6.08 Å². The van der Waals surface area contributed by atoms with Crippen molar-refractivity contribution in [2.45, 2.75) is 0 Å². The first-order chi connectivity index (χ1) is 11.2. The fourth-order valence-electron chi connectivity index (χ4n) is 2.25. The van der Waals surface area contributed by atoms with E-state index in [1.807, 2.05) is 0 Å². The summed E-state index contributed by atoms with van der Waals surface area (Å²) in [5.74, 6) is 1.76. The van der Waals surface area contributed by atoms with Crippen molar-refractivity contribution in [2.75, 3.05) is 20.3 Å². The third-order valence-corrected chi connectivity index (χ3v) is 3.70. The van der Waals surface area contributed by atoms with Crippen molar-refractivity contribution < 1.29 is 19.0 Å². The Hall–Kier alpha value is -2.46. The molecule has 0 aromatic heterocycles. The molecule has 1 heterocycles. The van der Waals surface area contributed by atoms with Crippen molar-refractivity contribution >= 4 is 23.5 Å². The van der Waals surface area contributed by atoms with E-state index < -0.39 is 0 Å². The molecule has 1 aliphatic heterocycles. The molecule has 118 valence electrons. The molecule has 3 rings (SSSR count). The highest BCUT2D eigenvalue weighted by molar-refractivity contribution is 6.32. The Morgan fingerprint density at radius 1 is 1.17 bits per heavy atom. The lowest BCUT2D eigenvalue weighted by atomic mass is 10.1. The quantitative estimate of drug-likeness (QED) is 0.627. The van der Waals surface area contributed by atoms with Gasteiger partial charge in [0.25, 0.3) is 0 Å². The molecule has 0 bridgehead atoms. The molecule has 0 atom stereocenters. The van der Waals surface area contributed by atoms with E-state index in [0.29, 0.717) is 41.0 Å². The van der Waals surface area contributed by atoms with Crippen LogP contribution in [0, 0.1) is 0 Å². The van der Waals surface area contributed by atoms with E-state index in [1.54, 1.807) is 49.6 Å². The Kier molecular flexibility index (Phi) is 4.53. The van der Waals surface area contributed by atoms with Crippen LogP contribution in [0.3, 0.4) is 0 Å². The maximum absolute atomic E-state index is 12.2. The SMILES string of the molecule is COc1ccc(C(=O)/C=C/c2cc(Cl)c3c(c2)OCCO3)cc1. The maximum atomic E-state index is 12.2. The van der Waals surface area contributed by atoms with E-state index in [1.165, 1.54) is 6.08 Å². The van der Waals surface area contributed by atoms with Gasteiger partial charge in [0.15, 0.2) is 17.3 Å². The second-order valence-corrected chi connectivity index (χ2v) is 5.36. The molecule has 0 amide bonds. The minimum Gasteiger partial charge on any atom is -0.497 e. The molecular formula is C18H15ClO4. The second-order valence-electron chi connectivity index (χ2n) is 4.95. The number of ketones is 1. The van der Waals surface area contributed by atoms with E-state index in [0.717, 1.165) is 5.56 Å². The third kappa shape index (κ3) is 3.48. The average molecular weight is 331 g/mol. The number of carbonyl (C=O) groups is 1. The average Bonchev–Trinajstić information content (AvgIpc) is 2.60. The summed E-state index contributed by atoms with van der Waals surface area (Å²) in [6, 6.07) is 10.5. The van der Waals surface area contributed by atoms with Gasteiger partial charge < -0.3 is 14.2 Å². The van der Waals surface area contributed by atoms with E-state index >= 15 is 0 Å². The van der Waals surface area contributed by atoms with Crippen molar-refractivity contribution in [1.29, 1.82) is 0 Å². The summed E-state index contributed by atoms with van der Waals surface area (Å²) < 4.78 is 16.1. The molecule has 0 saturated heterocycles. The van der Waals surface area contributed by atoms with Gasteiger partial charge in [-0.25, -0.2) is 0 Å². The van der Waals surface area contributed by atoms with Crippen LogP contribution < -0.4 is 14.2 Å². The smallest absolute Gasteiger partial charge is 0.185 e. The van der Waals surface area contributed by atoms with E-state index in [2.05, 4.69) is 0 Å². The second kappa shape index (κ2) is 6.75. The Morgan fingerprint density at radius 2 is 1.91 bits per heavy atom. The van der Waals surface area contributed by atoms with Gasteiger partial charge in [-0.15, -0.1) is 0 Å².